The lowest BCUT2D eigenvalue weighted by atomic mass is 10.1. The Balaban J connectivity index is 2.26. The maximum atomic E-state index is 12.6. The quantitative estimate of drug-likeness (QED) is 0.820. The smallest absolute Gasteiger partial charge is 0.241 e. The van der Waals surface area contributed by atoms with Crippen molar-refractivity contribution in [2.75, 3.05) is 20.0 Å². The van der Waals surface area contributed by atoms with E-state index in [-0.39, 0.29) is 24.2 Å². The van der Waals surface area contributed by atoms with E-state index in [1.807, 2.05) is 18.7 Å². The van der Waals surface area contributed by atoms with Gasteiger partial charge in [-0.3, -0.25) is 10.1 Å². The van der Waals surface area contributed by atoms with Crippen LogP contribution in [0.4, 0.5) is 0 Å². The van der Waals surface area contributed by atoms with E-state index >= 15 is 0 Å². The number of rotatable bonds is 6. The van der Waals surface area contributed by atoms with Gasteiger partial charge in [0.2, 0.25) is 5.91 Å². The average molecular weight is 308 g/mol. The Labute approximate surface area is 131 Å². The van der Waals surface area contributed by atoms with Crippen LogP contribution in [0.15, 0.2) is 29.2 Å². The van der Waals surface area contributed by atoms with E-state index in [0.717, 1.165) is 12.0 Å². The Morgan fingerprint density at radius 2 is 2.05 bits per heavy atom. The molecule has 0 spiro atoms. The number of hydrogen-bond acceptors (Lipinski definition) is 4. The lowest BCUT2D eigenvalue weighted by molar-refractivity contribution is -0.133. The van der Waals surface area contributed by atoms with Gasteiger partial charge in [-0.15, -0.1) is 11.8 Å². The second-order valence-corrected chi connectivity index (χ2v) is 6.23. The monoisotopic (exact) mass is 308 g/mol. The zero-order valence-corrected chi connectivity index (χ0v) is 13.9. The summed E-state index contributed by atoms with van der Waals surface area (Å²) in [6.07, 6.45) is 2.80. The van der Waals surface area contributed by atoms with E-state index in [1.165, 1.54) is 4.90 Å². The predicted molar refractivity (Wildman–Crippen MR) is 86.4 cm³/mol. The highest BCUT2D eigenvalue weighted by Crippen LogP contribution is 2.29. The Morgan fingerprint density at radius 1 is 1.38 bits per heavy atom. The van der Waals surface area contributed by atoms with Crippen molar-refractivity contribution in [3.8, 4) is 0 Å². The molecule has 2 rings (SSSR count). The van der Waals surface area contributed by atoms with Crippen LogP contribution in [0.1, 0.15) is 32.0 Å². The van der Waals surface area contributed by atoms with Gasteiger partial charge in [-0.1, -0.05) is 19.1 Å². The van der Waals surface area contributed by atoms with Crippen molar-refractivity contribution in [2.24, 2.45) is 0 Å². The molecule has 1 N–H and O–H groups in total. The normalized spacial score (nSPS) is 23.6. The summed E-state index contributed by atoms with van der Waals surface area (Å²) < 4.78 is 5.23. The highest BCUT2D eigenvalue weighted by molar-refractivity contribution is 7.98. The Morgan fingerprint density at radius 3 is 2.57 bits per heavy atom. The van der Waals surface area contributed by atoms with E-state index in [9.17, 15) is 4.79 Å². The first-order valence-electron chi connectivity index (χ1n) is 7.33. The molecule has 21 heavy (non-hydrogen) atoms. The molecular formula is C16H24N2O2S. The van der Waals surface area contributed by atoms with E-state index < -0.39 is 0 Å². The Hall–Kier alpha value is -1.04. The van der Waals surface area contributed by atoms with E-state index in [4.69, 9.17) is 4.74 Å². The molecule has 0 aromatic heterocycles. The number of nitrogens with zero attached hydrogens (tertiary/aromatic N) is 1. The molecule has 1 aromatic rings. The molecule has 1 saturated heterocycles. The van der Waals surface area contributed by atoms with E-state index in [2.05, 4.69) is 35.8 Å². The van der Waals surface area contributed by atoms with Crippen molar-refractivity contribution < 1.29 is 9.53 Å². The number of hydrogen-bond donors (Lipinski definition) is 1. The molecule has 116 valence electrons. The third-order valence-corrected chi connectivity index (χ3v) is 4.66. The molecule has 0 aliphatic carbocycles. The molecule has 1 aliphatic heterocycles. The van der Waals surface area contributed by atoms with Crippen LogP contribution in [0.25, 0.3) is 0 Å². The fourth-order valence-corrected chi connectivity index (χ4v) is 3.19. The number of thioether (sulfide) groups is 1. The van der Waals surface area contributed by atoms with Crippen LogP contribution in [0.5, 0.6) is 0 Å². The lowest BCUT2D eigenvalue weighted by Crippen LogP contribution is -2.40. The van der Waals surface area contributed by atoms with Crippen LogP contribution in [0.2, 0.25) is 0 Å². The zero-order chi connectivity index (χ0) is 15.4. The van der Waals surface area contributed by atoms with Crippen LogP contribution in [0.3, 0.4) is 0 Å². The molecule has 3 unspecified atom stereocenters. The maximum absolute atomic E-state index is 12.6. The Kier molecular flexibility index (Phi) is 5.67. The van der Waals surface area contributed by atoms with Crippen molar-refractivity contribution in [1.29, 1.82) is 0 Å². The van der Waals surface area contributed by atoms with Crippen molar-refractivity contribution in [3.05, 3.63) is 29.8 Å². The van der Waals surface area contributed by atoms with Gasteiger partial charge in [0.25, 0.3) is 0 Å². The number of ether oxygens (including phenoxy) is 1. The van der Waals surface area contributed by atoms with Crippen molar-refractivity contribution >= 4 is 17.7 Å². The van der Waals surface area contributed by atoms with Crippen molar-refractivity contribution in [2.45, 2.75) is 43.4 Å². The standard InChI is InChI=1S/C16H24N2O2S/c1-5-14-16(19)18(11(2)10-20-3)15(17-14)12-6-8-13(21-4)9-7-12/h6-9,11,14-15,17H,5,10H2,1-4H3. The number of benzene rings is 1. The molecule has 1 heterocycles. The second kappa shape index (κ2) is 7.29. The first kappa shape index (κ1) is 16.3. The average Bonchev–Trinajstić information content (AvgIpc) is 2.84. The maximum Gasteiger partial charge on any atom is 0.241 e. The summed E-state index contributed by atoms with van der Waals surface area (Å²) >= 11 is 1.72. The molecule has 5 heteroatoms. The summed E-state index contributed by atoms with van der Waals surface area (Å²) in [5, 5.41) is 3.45. The second-order valence-electron chi connectivity index (χ2n) is 5.35. The van der Waals surface area contributed by atoms with Crippen LogP contribution >= 0.6 is 11.8 Å². The highest BCUT2D eigenvalue weighted by atomic mass is 32.2. The summed E-state index contributed by atoms with van der Waals surface area (Å²) in [5.74, 6) is 0.168. The molecule has 3 atom stereocenters. The van der Waals surface area contributed by atoms with Crippen LogP contribution < -0.4 is 5.32 Å². The van der Waals surface area contributed by atoms with Crippen LogP contribution in [0, 0.1) is 0 Å². The minimum absolute atomic E-state index is 0.0526. The molecular weight excluding hydrogens is 284 g/mol. The molecule has 0 radical (unpaired) electrons. The fraction of sp³-hybridized carbons (Fsp3) is 0.562. The highest BCUT2D eigenvalue weighted by Gasteiger charge is 2.40. The summed E-state index contributed by atoms with van der Waals surface area (Å²) in [6.45, 7) is 4.61. The van der Waals surface area contributed by atoms with Gasteiger partial charge < -0.3 is 9.64 Å². The van der Waals surface area contributed by atoms with Gasteiger partial charge in [0.1, 0.15) is 6.17 Å². The number of nitrogens with one attached hydrogen (secondary N) is 1. The molecule has 0 saturated carbocycles. The summed E-state index contributed by atoms with van der Waals surface area (Å²) in [6, 6.07) is 8.35. The summed E-state index contributed by atoms with van der Waals surface area (Å²) in [4.78, 5) is 15.7. The third-order valence-electron chi connectivity index (χ3n) is 3.91. The number of methoxy groups -OCH3 is 1. The van der Waals surface area contributed by atoms with Crippen molar-refractivity contribution in [3.63, 3.8) is 0 Å². The van der Waals surface area contributed by atoms with Gasteiger partial charge in [-0.25, -0.2) is 0 Å². The zero-order valence-electron chi connectivity index (χ0n) is 13.1. The molecule has 1 aromatic carbocycles. The van der Waals surface area contributed by atoms with E-state index in [0.29, 0.717) is 6.61 Å². The van der Waals surface area contributed by atoms with Gasteiger partial charge in [0, 0.05) is 12.0 Å². The number of amides is 1. The van der Waals surface area contributed by atoms with Gasteiger partial charge in [0.15, 0.2) is 0 Å². The van der Waals surface area contributed by atoms with Crippen LogP contribution in [-0.2, 0) is 9.53 Å². The SMILES string of the molecule is CCC1NC(c2ccc(SC)cc2)N(C(C)COC)C1=O. The minimum Gasteiger partial charge on any atom is -0.383 e. The topological polar surface area (TPSA) is 41.6 Å². The van der Waals surface area contributed by atoms with Gasteiger partial charge in [-0.2, -0.15) is 0 Å². The molecule has 0 bridgehead atoms. The number of carbonyl (C=O) groups is 1. The largest absolute Gasteiger partial charge is 0.383 e. The summed E-state index contributed by atoms with van der Waals surface area (Å²) in [7, 11) is 1.67. The van der Waals surface area contributed by atoms with Gasteiger partial charge in [-0.05, 0) is 37.3 Å². The van der Waals surface area contributed by atoms with E-state index in [1.54, 1.807) is 18.9 Å². The lowest BCUT2D eigenvalue weighted by Gasteiger charge is -2.30. The van der Waals surface area contributed by atoms with Gasteiger partial charge in [0.05, 0.1) is 18.7 Å². The van der Waals surface area contributed by atoms with Gasteiger partial charge >= 0.3 is 0 Å². The first-order valence-corrected chi connectivity index (χ1v) is 8.56. The third kappa shape index (κ3) is 3.42. The first-order chi connectivity index (χ1) is 10.1. The molecule has 1 fully saturated rings. The Bertz CT molecular complexity index is 478. The fourth-order valence-electron chi connectivity index (χ4n) is 2.78. The summed E-state index contributed by atoms with van der Waals surface area (Å²) in [5.41, 5.74) is 1.13. The molecule has 1 amide bonds. The molecule has 1 aliphatic rings. The minimum atomic E-state index is -0.102. The van der Waals surface area contributed by atoms with Crippen LogP contribution in [-0.4, -0.2) is 42.9 Å². The number of carbonyl (C=O) groups excluding carboxylic acids is 1. The van der Waals surface area contributed by atoms with Crippen molar-refractivity contribution in [1.82, 2.24) is 10.2 Å². The predicted octanol–water partition coefficient (Wildman–Crippen LogP) is 2.65. The molecule has 4 nitrogen and oxygen atoms in total.